The fourth-order valence-electron chi connectivity index (χ4n) is 1.88. The summed E-state index contributed by atoms with van der Waals surface area (Å²) in [6.45, 7) is 1.58. The van der Waals surface area contributed by atoms with E-state index in [1.807, 2.05) is 18.2 Å². The largest absolute Gasteiger partial charge is 0.496 e. The van der Waals surface area contributed by atoms with Crippen LogP contribution in [0.25, 0.3) is 0 Å². The molecule has 0 saturated carbocycles. The molecule has 1 fully saturated rings. The molecule has 0 bridgehead atoms. The van der Waals surface area contributed by atoms with Crippen LogP contribution in [0.3, 0.4) is 0 Å². The van der Waals surface area contributed by atoms with Crippen molar-refractivity contribution in [1.82, 2.24) is 5.32 Å². The highest BCUT2D eigenvalue weighted by Gasteiger charge is 2.44. The van der Waals surface area contributed by atoms with E-state index >= 15 is 0 Å². The average Bonchev–Trinajstić information content (AvgIpc) is 2.36. The first kappa shape index (κ1) is 14.3. The zero-order valence-corrected chi connectivity index (χ0v) is 12.3. The van der Waals surface area contributed by atoms with Crippen molar-refractivity contribution in [3.63, 3.8) is 0 Å². The number of methoxy groups -OCH3 is 1. The molecule has 1 saturated heterocycles. The Labute approximate surface area is 120 Å². The van der Waals surface area contributed by atoms with Crippen LogP contribution in [0, 0.1) is 5.41 Å². The monoisotopic (exact) mass is 328 g/mol. The third-order valence-corrected chi connectivity index (χ3v) is 3.92. The number of hydrogen-bond acceptors (Lipinski definition) is 4. The van der Waals surface area contributed by atoms with E-state index in [1.54, 1.807) is 7.11 Å². The fourth-order valence-corrected chi connectivity index (χ4v) is 2.47. The summed E-state index contributed by atoms with van der Waals surface area (Å²) in [5, 5.41) is 2.90. The van der Waals surface area contributed by atoms with Gasteiger partial charge in [0, 0.05) is 13.1 Å². The second-order valence-corrected chi connectivity index (χ2v) is 5.48. The van der Waals surface area contributed by atoms with Crippen LogP contribution in [0.5, 0.6) is 5.75 Å². The van der Waals surface area contributed by atoms with Crippen molar-refractivity contribution in [3.05, 3.63) is 28.2 Å². The second-order valence-electron chi connectivity index (χ2n) is 4.63. The van der Waals surface area contributed by atoms with Gasteiger partial charge in [0.25, 0.3) is 0 Å². The number of rotatable bonds is 5. The van der Waals surface area contributed by atoms with Crippen LogP contribution < -0.4 is 15.8 Å². The molecule has 0 aromatic heterocycles. The molecular weight excluding hydrogens is 312 g/mol. The van der Waals surface area contributed by atoms with Gasteiger partial charge in [-0.3, -0.25) is 4.79 Å². The highest BCUT2D eigenvalue weighted by molar-refractivity contribution is 9.10. The lowest BCUT2D eigenvalue weighted by Gasteiger charge is -2.38. The van der Waals surface area contributed by atoms with E-state index in [0.29, 0.717) is 26.3 Å². The number of benzene rings is 1. The SMILES string of the molecule is COc1ccc(CNC(=O)C2(CN)COC2)cc1Br. The van der Waals surface area contributed by atoms with E-state index in [1.165, 1.54) is 0 Å². The Hall–Kier alpha value is -1.11. The lowest BCUT2D eigenvalue weighted by atomic mass is 9.85. The Balaban J connectivity index is 1.95. The van der Waals surface area contributed by atoms with Crippen LogP contribution >= 0.6 is 15.9 Å². The highest BCUT2D eigenvalue weighted by atomic mass is 79.9. The summed E-state index contributed by atoms with van der Waals surface area (Å²) in [5.74, 6) is 0.717. The highest BCUT2D eigenvalue weighted by Crippen LogP contribution is 2.27. The van der Waals surface area contributed by atoms with Crippen LogP contribution in [-0.4, -0.2) is 32.8 Å². The quantitative estimate of drug-likeness (QED) is 0.847. The van der Waals surface area contributed by atoms with Crippen molar-refractivity contribution in [2.24, 2.45) is 11.1 Å². The van der Waals surface area contributed by atoms with Gasteiger partial charge < -0.3 is 20.5 Å². The van der Waals surface area contributed by atoms with Crippen LogP contribution in [0.15, 0.2) is 22.7 Å². The lowest BCUT2D eigenvalue weighted by Crippen LogP contribution is -2.58. The number of nitrogens with one attached hydrogen (secondary N) is 1. The Morgan fingerprint density at radius 2 is 2.32 bits per heavy atom. The second kappa shape index (κ2) is 5.90. The maximum Gasteiger partial charge on any atom is 0.232 e. The molecule has 6 heteroatoms. The summed E-state index contributed by atoms with van der Waals surface area (Å²) in [6, 6.07) is 5.69. The molecule has 19 heavy (non-hydrogen) atoms. The number of carbonyl (C=O) groups excluding carboxylic acids is 1. The molecule has 1 heterocycles. The minimum Gasteiger partial charge on any atom is -0.496 e. The summed E-state index contributed by atoms with van der Waals surface area (Å²) < 4.78 is 11.1. The van der Waals surface area contributed by atoms with E-state index in [-0.39, 0.29) is 5.91 Å². The van der Waals surface area contributed by atoms with Gasteiger partial charge in [-0.05, 0) is 33.6 Å². The van der Waals surface area contributed by atoms with Crippen LogP contribution in [0.2, 0.25) is 0 Å². The number of hydrogen-bond donors (Lipinski definition) is 2. The predicted octanol–water partition coefficient (Wildman–Crippen LogP) is 1.05. The number of ether oxygens (including phenoxy) is 2. The zero-order chi connectivity index (χ0) is 13.9. The standard InChI is InChI=1S/C13H17BrN2O3/c1-18-11-3-2-9(4-10(11)14)5-16-12(17)13(6-15)7-19-8-13/h2-4H,5-8,15H2,1H3,(H,16,17). The van der Waals surface area contributed by atoms with E-state index in [4.69, 9.17) is 15.2 Å². The van der Waals surface area contributed by atoms with E-state index in [9.17, 15) is 4.79 Å². The van der Waals surface area contributed by atoms with Gasteiger partial charge in [0.1, 0.15) is 11.2 Å². The summed E-state index contributed by atoms with van der Waals surface area (Å²) in [6.07, 6.45) is 0. The first-order valence-electron chi connectivity index (χ1n) is 6.00. The van der Waals surface area contributed by atoms with E-state index in [0.717, 1.165) is 15.8 Å². The fraction of sp³-hybridized carbons (Fsp3) is 0.462. The number of amides is 1. The third kappa shape index (κ3) is 2.91. The molecule has 2 rings (SSSR count). The predicted molar refractivity (Wildman–Crippen MR) is 74.8 cm³/mol. The Morgan fingerprint density at radius 1 is 1.58 bits per heavy atom. The summed E-state index contributed by atoms with van der Waals surface area (Å²) in [5.41, 5.74) is 6.09. The van der Waals surface area contributed by atoms with Gasteiger partial charge in [-0.15, -0.1) is 0 Å². The smallest absolute Gasteiger partial charge is 0.232 e. The van der Waals surface area contributed by atoms with Crippen molar-refractivity contribution in [2.75, 3.05) is 26.9 Å². The van der Waals surface area contributed by atoms with Gasteiger partial charge in [0.15, 0.2) is 0 Å². The van der Waals surface area contributed by atoms with Crippen molar-refractivity contribution >= 4 is 21.8 Å². The maximum atomic E-state index is 12.1. The summed E-state index contributed by atoms with van der Waals surface area (Å²) >= 11 is 3.41. The molecule has 1 aliphatic rings. The zero-order valence-electron chi connectivity index (χ0n) is 10.7. The Bertz CT molecular complexity index is 469. The van der Waals surface area contributed by atoms with Gasteiger partial charge in [0.2, 0.25) is 5.91 Å². The first-order chi connectivity index (χ1) is 9.11. The van der Waals surface area contributed by atoms with Gasteiger partial charge in [-0.1, -0.05) is 6.07 Å². The number of halogens is 1. The molecule has 104 valence electrons. The van der Waals surface area contributed by atoms with Crippen LogP contribution in [-0.2, 0) is 16.1 Å². The van der Waals surface area contributed by atoms with Gasteiger partial charge >= 0.3 is 0 Å². The van der Waals surface area contributed by atoms with Gasteiger partial charge in [-0.25, -0.2) is 0 Å². The minimum absolute atomic E-state index is 0.0480. The van der Waals surface area contributed by atoms with Crippen molar-refractivity contribution in [3.8, 4) is 5.75 Å². The van der Waals surface area contributed by atoms with Crippen LogP contribution in [0.4, 0.5) is 0 Å². The van der Waals surface area contributed by atoms with Gasteiger partial charge in [-0.2, -0.15) is 0 Å². The molecule has 1 amide bonds. The summed E-state index contributed by atoms with van der Waals surface area (Å²) in [4.78, 5) is 12.1. The molecule has 0 spiro atoms. The number of nitrogens with two attached hydrogens (primary N) is 1. The molecule has 1 aromatic carbocycles. The van der Waals surface area contributed by atoms with E-state index < -0.39 is 5.41 Å². The van der Waals surface area contributed by atoms with E-state index in [2.05, 4.69) is 21.2 Å². The van der Waals surface area contributed by atoms with Crippen molar-refractivity contribution in [2.45, 2.75) is 6.54 Å². The molecule has 0 atom stereocenters. The normalized spacial score (nSPS) is 16.6. The first-order valence-corrected chi connectivity index (χ1v) is 6.79. The molecule has 5 nitrogen and oxygen atoms in total. The molecule has 0 radical (unpaired) electrons. The lowest BCUT2D eigenvalue weighted by molar-refractivity contribution is -0.159. The van der Waals surface area contributed by atoms with Gasteiger partial charge in [0.05, 0.1) is 24.8 Å². The Morgan fingerprint density at radius 3 is 2.79 bits per heavy atom. The molecule has 1 aromatic rings. The molecule has 1 aliphatic heterocycles. The third-order valence-electron chi connectivity index (χ3n) is 3.30. The maximum absolute atomic E-state index is 12.1. The number of carbonyl (C=O) groups is 1. The summed E-state index contributed by atoms with van der Waals surface area (Å²) in [7, 11) is 1.61. The van der Waals surface area contributed by atoms with Crippen molar-refractivity contribution < 1.29 is 14.3 Å². The van der Waals surface area contributed by atoms with Crippen LogP contribution in [0.1, 0.15) is 5.56 Å². The molecule has 0 aliphatic carbocycles. The molecule has 0 unspecified atom stereocenters. The Kier molecular flexibility index (Phi) is 4.44. The molecule has 3 N–H and O–H groups in total. The minimum atomic E-state index is -0.538. The topological polar surface area (TPSA) is 73.6 Å². The average molecular weight is 329 g/mol. The molecular formula is C13H17BrN2O3. The van der Waals surface area contributed by atoms with Crippen molar-refractivity contribution in [1.29, 1.82) is 0 Å².